The molecule has 0 amide bonds. The summed E-state index contributed by atoms with van der Waals surface area (Å²) in [5.74, 6) is 1.01. The van der Waals surface area contributed by atoms with Gasteiger partial charge in [0, 0.05) is 38.2 Å². The van der Waals surface area contributed by atoms with Crippen molar-refractivity contribution < 1.29 is 4.74 Å². The number of anilines is 1. The van der Waals surface area contributed by atoms with Crippen LogP contribution >= 0.6 is 0 Å². The Labute approximate surface area is 103 Å². The van der Waals surface area contributed by atoms with Crippen LogP contribution in [-0.2, 0) is 11.3 Å². The number of hydrogen-bond donors (Lipinski definition) is 1. The highest BCUT2D eigenvalue weighted by molar-refractivity contribution is 5.29. The number of unbranched alkanes of at least 4 members (excludes halogenated alkanes) is 1. The van der Waals surface area contributed by atoms with E-state index in [1.54, 1.807) is 0 Å². The van der Waals surface area contributed by atoms with Crippen molar-refractivity contribution in [1.82, 2.24) is 9.55 Å². The molecule has 0 aliphatic heterocycles. The first-order valence-corrected chi connectivity index (χ1v) is 6.75. The van der Waals surface area contributed by atoms with E-state index < -0.39 is 0 Å². The van der Waals surface area contributed by atoms with Crippen LogP contribution in [0.3, 0.4) is 0 Å². The molecule has 2 rings (SSSR count). The molecule has 0 aromatic carbocycles. The summed E-state index contributed by atoms with van der Waals surface area (Å²) in [6.07, 6.45) is 9.90. The van der Waals surface area contributed by atoms with Crippen molar-refractivity contribution in [3.8, 4) is 0 Å². The van der Waals surface area contributed by atoms with Crippen LogP contribution in [0.25, 0.3) is 0 Å². The highest BCUT2D eigenvalue weighted by Crippen LogP contribution is 2.23. The Bertz CT molecular complexity index is 320. The van der Waals surface area contributed by atoms with Crippen LogP contribution < -0.4 is 5.32 Å². The van der Waals surface area contributed by atoms with Crippen LogP contribution in [0.4, 0.5) is 5.95 Å². The Hall–Kier alpha value is -1.03. The molecule has 1 saturated carbocycles. The molecular formula is C13H23N3O. The molecule has 0 spiro atoms. The van der Waals surface area contributed by atoms with Gasteiger partial charge < -0.3 is 14.6 Å². The minimum absolute atomic E-state index is 0.664. The molecule has 1 N–H and O–H groups in total. The molecule has 0 unspecified atom stereocenters. The van der Waals surface area contributed by atoms with Gasteiger partial charge in [0.2, 0.25) is 5.95 Å². The van der Waals surface area contributed by atoms with Crippen LogP contribution in [0.2, 0.25) is 0 Å². The first kappa shape index (κ1) is 12.4. The van der Waals surface area contributed by atoms with Gasteiger partial charge >= 0.3 is 0 Å². The van der Waals surface area contributed by atoms with Crippen LogP contribution in [0, 0.1) is 0 Å². The van der Waals surface area contributed by atoms with E-state index in [4.69, 9.17) is 4.74 Å². The van der Waals surface area contributed by atoms with Gasteiger partial charge in [-0.3, -0.25) is 0 Å². The standard InChI is InChI=1S/C13H23N3O/c1-2-3-10-17-11-4-8-16-9-7-14-13(16)15-12-5-6-12/h7,9,12H,2-6,8,10-11H2,1H3,(H,14,15). The lowest BCUT2D eigenvalue weighted by Crippen LogP contribution is -2.10. The average molecular weight is 237 g/mol. The van der Waals surface area contributed by atoms with Crippen molar-refractivity contribution in [3.63, 3.8) is 0 Å². The lowest BCUT2D eigenvalue weighted by Gasteiger charge is -2.09. The zero-order valence-electron chi connectivity index (χ0n) is 10.7. The molecule has 0 saturated heterocycles. The maximum Gasteiger partial charge on any atom is 0.202 e. The largest absolute Gasteiger partial charge is 0.381 e. The predicted molar refractivity (Wildman–Crippen MR) is 69.2 cm³/mol. The molecule has 0 bridgehead atoms. The number of rotatable bonds is 9. The highest BCUT2D eigenvalue weighted by Gasteiger charge is 2.22. The second-order valence-corrected chi connectivity index (χ2v) is 4.68. The number of hydrogen-bond acceptors (Lipinski definition) is 3. The van der Waals surface area contributed by atoms with Gasteiger partial charge in [-0.1, -0.05) is 13.3 Å². The Kier molecular flexibility index (Phi) is 4.86. The molecule has 4 nitrogen and oxygen atoms in total. The number of nitrogens with one attached hydrogen (secondary N) is 1. The van der Waals surface area contributed by atoms with Crippen molar-refractivity contribution >= 4 is 5.95 Å². The van der Waals surface area contributed by atoms with E-state index in [9.17, 15) is 0 Å². The first-order chi connectivity index (χ1) is 8.40. The minimum atomic E-state index is 0.664. The van der Waals surface area contributed by atoms with E-state index in [0.29, 0.717) is 6.04 Å². The quantitative estimate of drug-likeness (QED) is 0.671. The van der Waals surface area contributed by atoms with Gasteiger partial charge in [0.25, 0.3) is 0 Å². The monoisotopic (exact) mass is 237 g/mol. The van der Waals surface area contributed by atoms with Gasteiger partial charge in [-0.25, -0.2) is 4.98 Å². The molecular weight excluding hydrogens is 214 g/mol. The fourth-order valence-electron chi connectivity index (χ4n) is 1.73. The molecule has 0 radical (unpaired) electrons. The Morgan fingerprint density at radius 1 is 1.41 bits per heavy atom. The fourth-order valence-corrected chi connectivity index (χ4v) is 1.73. The first-order valence-electron chi connectivity index (χ1n) is 6.75. The summed E-state index contributed by atoms with van der Waals surface area (Å²) in [5, 5.41) is 3.44. The summed E-state index contributed by atoms with van der Waals surface area (Å²) in [5.41, 5.74) is 0. The maximum atomic E-state index is 5.55. The van der Waals surface area contributed by atoms with Crippen molar-refractivity contribution in [1.29, 1.82) is 0 Å². The van der Waals surface area contributed by atoms with E-state index in [1.807, 2.05) is 12.4 Å². The zero-order valence-corrected chi connectivity index (χ0v) is 10.7. The zero-order chi connectivity index (χ0) is 11.9. The highest BCUT2D eigenvalue weighted by atomic mass is 16.5. The number of aromatic nitrogens is 2. The van der Waals surface area contributed by atoms with E-state index in [1.165, 1.54) is 25.7 Å². The fraction of sp³-hybridized carbons (Fsp3) is 0.769. The van der Waals surface area contributed by atoms with Crippen LogP contribution in [-0.4, -0.2) is 28.8 Å². The van der Waals surface area contributed by atoms with Crippen molar-refractivity contribution in [2.45, 2.75) is 51.6 Å². The summed E-state index contributed by atoms with van der Waals surface area (Å²) < 4.78 is 7.73. The summed E-state index contributed by atoms with van der Waals surface area (Å²) >= 11 is 0. The molecule has 1 aromatic heterocycles. The SMILES string of the molecule is CCCCOCCCn1ccnc1NC1CC1. The van der Waals surface area contributed by atoms with Gasteiger partial charge in [-0.15, -0.1) is 0 Å². The molecule has 17 heavy (non-hydrogen) atoms. The summed E-state index contributed by atoms with van der Waals surface area (Å²) in [6.45, 7) is 4.92. The summed E-state index contributed by atoms with van der Waals surface area (Å²) in [6, 6.07) is 0.664. The van der Waals surface area contributed by atoms with Crippen LogP contribution in [0.15, 0.2) is 12.4 Å². The molecule has 1 aliphatic rings. The molecule has 1 heterocycles. The van der Waals surface area contributed by atoms with Crippen molar-refractivity contribution in [3.05, 3.63) is 12.4 Å². The summed E-state index contributed by atoms with van der Waals surface area (Å²) in [4.78, 5) is 4.34. The summed E-state index contributed by atoms with van der Waals surface area (Å²) in [7, 11) is 0. The van der Waals surface area contributed by atoms with Crippen molar-refractivity contribution in [2.75, 3.05) is 18.5 Å². The molecule has 4 heteroatoms. The third-order valence-electron chi connectivity index (χ3n) is 2.96. The molecule has 0 atom stereocenters. The van der Waals surface area contributed by atoms with Gasteiger partial charge in [0.05, 0.1) is 0 Å². The van der Waals surface area contributed by atoms with Gasteiger partial charge in [0.1, 0.15) is 0 Å². The minimum Gasteiger partial charge on any atom is -0.381 e. The second-order valence-electron chi connectivity index (χ2n) is 4.68. The number of nitrogens with zero attached hydrogens (tertiary/aromatic N) is 2. The molecule has 96 valence electrons. The molecule has 1 aromatic rings. The lowest BCUT2D eigenvalue weighted by molar-refractivity contribution is 0.126. The van der Waals surface area contributed by atoms with Gasteiger partial charge in [-0.05, 0) is 25.7 Å². The average Bonchev–Trinajstić information content (AvgIpc) is 3.03. The van der Waals surface area contributed by atoms with Crippen LogP contribution in [0.1, 0.15) is 39.0 Å². The Morgan fingerprint density at radius 3 is 3.00 bits per heavy atom. The van der Waals surface area contributed by atoms with Gasteiger partial charge in [0.15, 0.2) is 0 Å². The Morgan fingerprint density at radius 2 is 2.24 bits per heavy atom. The topological polar surface area (TPSA) is 39.1 Å². The van der Waals surface area contributed by atoms with E-state index >= 15 is 0 Å². The number of ether oxygens (including phenoxy) is 1. The smallest absolute Gasteiger partial charge is 0.202 e. The lowest BCUT2D eigenvalue weighted by atomic mass is 10.4. The third kappa shape index (κ3) is 4.38. The maximum absolute atomic E-state index is 5.55. The second kappa shape index (κ2) is 6.64. The van der Waals surface area contributed by atoms with E-state index in [0.717, 1.165) is 32.1 Å². The van der Waals surface area contributed by atoms with Gasteiger partial charge in [-0.2, -0.15) is 0 Å². The van der Waals surface area contributed by atoms with E-state index in [-0.39, 0.29) is 0 Å². The normalized spacial score (nSPS) is 15.1. The molecule has 1 fully saturated rings. The van der Waals surface area contributed by atoms with Crippen molar-refractivity contribution in [2.24, 2.45) is 0 Å². The Balaban J connectivity index is 1.62. The molecule has 1 aliphatic carbocycles. The predicted octanol–water partition coefficient (Wildman–Crippen LogP) is 2.66. The van der Waals surface area contributed by atoms with E-state index in [2.05, 4.69) is 21.8 Å². The van der Waals surface area contributed by atoms with Crippen LogP contribution in [0.5, 0.6) is 0 Å². The number of aryl methyl sites for hydroxylation is 1. The number of imidazole rings is 1. The third-order valence-corrected chi connectivity index (χ3v) is 2.96.